The van der Waals surface area contributed by atoms with E-state index in [1.807, 2.05) is 26.0 Å². The number of hydrogen-bond acceptors (Lipinski definition) is 3. The average Bonchev–Trinajstić information content (AvgIpc) is 2.64. The number of esters is 1. The Kier molecular flexibility index (Phi) is 5.45. The predicted octanol–water partition coefficient (Wildman–Crippen LogP) is 1.52. The summed E-state index contributed by atoms with van der Waals surface area (Å²) in [5, 5.41) is 1.74. The van der Waals surface area contributed by atoms with Gasteiger partial charge in [-0.1, -0.05) is 11.6 Å². The summed E-state index contributed by atoms with van der Waals surface area (Å²) in [6.07, 6.45) is 1.76. The Balaban J connectivity index is 2.12. The molecule has 0 bridgehead atoms. The van der Waals surface area contributed by atoms with Gasteiger partial charge in [0, 0.05) is 5.56 Å². The van der Waals surface area contributed by atoms with E-state index in [9.17, 15) is 4.79 Å². The third-order valence-corrected chi connectivity index (χ3v) is 5.46. The van der Waals surface area contributed by atoms with Crippen molar-refractivity contribution in [1.29, 1.82) is 0 Å². The van der Waals surface area contributed by atoms with Gasteiger partial charge in [-0.2, -0.15) is 0 Å². The molecule has 0 spiro atoms. The third kappa shape index (κ3) is 3.44. The van der Waals surface area contributed by atoms with Crippen molar-refractivity contribution in [3.05, 3.63) is 34.5 Å². The minimum absolute atomic E-state index is 0.284. The molecule has 0 radical (unpaired) electrons. The standard InChI is InChI=1S/C19H24ClN3O2/c1-4-22-8-10-23(11-9-22)18-14-6-7-16(20)13(3)17(14)21-12-15(18)19(24)25-5-2/h6-7,12H,4-5,8-11H2,1-3H3/p+2. The number of pyridine rings is 1. The molecule has 5 nitrogen and oxygen atoms in total. The largest absolute Gasteiger partial charge is 0.462 e. The minimum Gasteiger partial charge on any atom is -0.462 e. The second kappa shape index (κ2) is 7.58. The molecule has 0 amide bonds. The Bertz CT molecular complexity index is 786. The lowest BCUT2D eigenvalue weighted by Crippen LogP contribution is -3.14. The highest BCUT2D eigenvalue weighted by Gasteiger charge is 2.28. The molecule has 134 valence electrons. The van der Waals surface area contributed by atoms with E-state index in [0.717, 1.165) is 59.9 Å². The van der Waals surface area contributed by atoms with Crippen molar-refractivity contribution < 1.29 is 19.4 Å². The van der Waals surface area contributed by atoms with Crippen molar-refractivity contribution >= 4 is 34.2 Å². The van der Waals surface area contributed by atoms with E-state index in [0.29, 0.717) is 12.2 Å². The second-order valence-electron chi connectivity index (χ2n) is 6.46. The van der Waals surface area contributed by atoms with Gasteiger partial charge in [0.15, 0.2) is 6.20 Å². The Hall–Kier alpha value is -1.85. The number of ether oxygens (including phenoxy) is 1. The Labute approximate surface area is 153 Å². The quantitative estimate of drug-likeness (QED) is 0.838. The van der Waals surface area contributed by atoms with Crippen molar-refractivity contribution in [2.75, 3.05) is 44.2 Å². The van der Waals surface area contributed by atoms with Crippen LogP contribution in [0.4, 0.5) is 5.69 Å². The molecule has 0 aliphatic carbocycles. The maximum atomic E-state index is 12.5. The number of anilines is 1. The Morgan fingerprint density at radius 1 is 1.32 bits per heavy atom. The number of aromatic amines is 1. The molecule has 2 aromatic rings. The number of piperazine rings is 1. The SMILES string of the molecule is CCOC(=O)c1c[nH+]c2c(C)c(Cl)ccc2c1N1CC[NH+](CC)CC1. The summed E-state index contributed by atoms with van der Waals surface area (Å²) in [5.41, 5.74) is 3.52. The van der Waals surface area contributed by atoms with Crippen LogP contribution in [0.15, 0.2) is 18.3 Å². The number of nitrogens with one attached hydrogen (secondary N) is 2. The van der Waals surface area contributed by atoms with E-state index >= 15 is 0 Å². The van der Waals surface area contributed by atoms with Crippen molar-refractivity contribution in [3.8, 4) is 0 Å². The molecule has 1 aromatic carbocycles. The zero-order valence-electron chi connectivity index (χ0n) is 15.1. The third-order valence-electron chi connectivity index (χ3n) is 5.05. The first-order valence-corrected chi connectivity index (χ1v) is 9.33. The van der Waals surface area contributed by atoms with Gasteiger partial charge in [-0.25, -0.2) is 9.78 Å². The molecule has 0 saturated carbocycles. The zero-order valence-corrected chi connectivity index (χ0v) is 15.9. The summed E-state index contributed by atoms with van der Waals surface area (Å²) < 4.78 is 5.29. The first kappa shape index (κ1) is 18.0. The number of hydrogen-bond donors (Lipinski definition) is 1. The number of quaternary nitrogens is 1. The van der Waals surface area contributed by atoms with E-state index in [1.165, 1.54) is 0 Å². The number of likely N-dealkylation sites (N-methyl/N-ethyl adjacent to an activating group) is 1. The Morgan fingerprint density at radius 2 is 2.04 bits per heavy atom. The molecule has 6 heteroatoms. The highest BCUT2D eigenvalue weighted by Crippen LogP contribution is 2.32. The maximum absolute atomic E-state index is 12.5. The lowest BCUT2D eigenvalue weighted by Gasteiger charge is -2.34. The number of aryl methyl sites for hydroxylation is 1. The number of H-pyrrole nitrogens is 1. The van der Waals surface area contributed by atoms with Crippen molar-refractivity contribution in [1.82, 2.24) is 0 Å². The van der Waals surface area contributed by atoms with Crippen LogP contribution in [-0.2, 0) is 4.74 Å². The van der Waals surface area contributed by atoms with Gasteiger partial charge in [0.1, 0.15) is 5.56 Å². The normalized spacial score (nSPS) is 15.6. The molecule has 0 unspecified atom stereocenters. The summed E-state index contributed by atoms with van der Waals surface area (Å²) in [7, 11) is 0. The number of halogens is 1. The lowest BCUT2D eigenvalue weighted by atomic mass is 10.0. The predicted molar refractivity (Wildman–Crippen MR) is 99.7 cm³/mol. The van der Waals surface area contributed by atoms with Crippen LogP contribution < -0.4 is 14.8 Å². The fraction of sp³-hybridized carbons (Fsp3) is 0.474. The van der Waals surface area contributed by atoms with Gasteiger partial charge in [0.25, 0.3) is 0 Å². The highest BCUT2D eigenvalue weighted by atomic mass is 35.5. The molecule has 2 N–H and O–H groups in total. The number of carbonyl (C=O) groups is 1. The fourth-order valence-electron chi connectivity index (χ4n) is 3.53. The maximum Gasteiger partial charge on any atom is 0.346 e. The van der Waals surface area contributed by atoms with Crippen LogP contribution in [0.3, 0.4) is 0 Å². The molecule has 1 saturated heterocycles. The Morgan fingerprint density at radius 3 is 2.68 bits per heavy atom. The van der Waals surface area contributed by atoms with Crippen LogP contribution in [0, 0.1) is 6.92 Å². The highest BCUT2D eigenvalue weighted by molar-refractivity contribution is 6.32. The first-order valence-electron chi connectivity index (χ1n) is 8.95. The molecule has 0 atom stereocenters. The lowest BCUT2D eigenvalue weighted by molar-refractivity contribution is -0.898. The van der Waals surface area contributed by atoms with Gasteiger partial charge in [0.05, 0.1) is 55.4 Å². The molecular weight excluding hydrogens is 338 g/mol. The van der Waals surface area contributed by atoms with E-state index in [1.54, 1.807) is 11.1 Å². The van der Waals surface area contributed by atoms with E-state index < -0.39 is 0 Å². The van der Waals surface area contributed by atoms with Gasteiger partial charge < -0.3 is 14.5 Å². The number of nitrogens with zero attached hydrogens (tertiary/aromatic N) is 1. The van der Waals surface area contributed by atoms with Gasteiger partial charge >= 0.3 is 5.97 Å². The monoisotopic (exact) mass is 363 g/mol. The molecule has 2 heterocycles. The molecule has 1 aromatic heterocycles. The number of aromatic nitrogens is 1. The van der Waals surface area contributed by atoms with Gasteiger partial charge in [-0.3, -0.25) is 0 Å². The number of benzene rings is 1. The molecule has 25 heavy (non-hydrogen) atoms. The minimum atomic E-state index is -0.284. The molecule has 1 fully saturated rings. The van der Waals surface area contributed by atoms with Gasteiger partial charge in [-0.05, 0) is 32.9 Å². The van der Waals surface area contributed by atoms with E-state index in [-0.39, 0.29) is 5.97 Å². The summed E-state index contributed by atoms with van der Waals surface area (Å²) in [6.45, 7) is 11.5. The average molecular weight is 364 g/mol. The van der Waals surface area contributed by atoms with Crippen LogP contribution in [0.1, 0.15) is 29.8 Å². The zero-order chi connectivity index (χ0) is 18.0. The summed E-state index contributed by atoms with van der Waals surface area (Å²) >= 11 is 6.29. The van der Waals surface area contributed by atoms with Crippen LogP contribution in [-0.4, -0.2) is 45.3 Å². The first-order chi connectivity index (χ1) is 12.1. The smallest absolute Gasteiger partial charge is 0.346 e. The molecule has 3 rings (SSSR count). The second-order valence-corrected chi connectivity index (χ2v) is 6.86. The summed E-state index contributed by atoms with van der Waals surface area (Å²) in [4.78, 5) is 19.7. The van der Waals surface area contributed by atoms with Crippen molar-refractivity contribution in [2.45, 2.75) is 20.8 Å². The number of rotatable bonds is 4. The fourth-order valence-corrected chi connectivity index (χ4v) is 3.69. The van der Waals surface area contributed by atoms with Crippen LogP contribution in [0.5, 0.6) is 0 Å². The molecule has 1 aliphatic heterocycles. The van der Waals surface area contributed by atoms with E-state index in [4.69, 9.17) is 16.3 Å². The van der Waals surface area contributed by atoms with E-state index in [2.05, 4.69) is 16.8 Å². The summed E-state index contributed by atoms with van der Waals surface area (Å²) in [6, 6.07) is 3.90. The molecular formula is C19H26ClN3O2+2. The van der Waals surface area contributed by atoms with Crippen molar-refractivity contribution in [2.24, 2.45) is 0 Å². The topological polar surface area (TPSA) is 48.1 Å². The van der Waals surface area contributed by atoms with Crippen LogP contribution in [0.25, 0.3) is 10.9 Å². The van der Waals surface area contributed by atoms with Gasteiger partial charge in [0.2, 0.25) is 5.52 Å². The molecule has 1 aliphatic rings. The van der Waals surface area contributed by atoms with Crippen LogP contribution in [0.2, 0.25) is 5.02 Å². The van der Waals surface area contributed by atoms with Gasteiger partial charge in [-0.15, -0.1) is 0 Å². The number of carbonyl (C=O) groups excluding carboxylic acids is 1. The number of fused-ring (bicyclic) bond motifs is 1. The summed E-state index contributed by atoms with van der Waals surface area (Å²) in [5.74, 6) is -0.284. The van der Waals surface area contributed by atoms with Crippen molar-refractivity contribution in [3.63, 3.8) is 0 Å². The van der Waals surface area contributed by atoms with Crippen LogP contribution >= 0.6 is 11.6 Å².